The van der Waals surface area contributed by atoms with Gasteiger partial charge in [-0.25, -0.2) is 4.79 Å². The summed E-state index contributed by atoms with van der Waals surface area (Å²) in [5, 5.41) is 0. The van der Waals surface area contributed by atoms with Gasteiger partial charge in [0, 0.05) is 12.5 Å². The lowest BCUT2D eigenvalue weighted by molar-refractivity contribution is -0.161. The molecule has 1 amide bonds. The molecule has 0 saturated carbocycles. The van der Waals surface area contributed by atoms with Crippen LogP contribution in [0.4, 0.5) is 0 Å². The Balaban J connectivity index is 1.57. The number of rotatable bonds is 3. The summed E-state index contributed by atoms with van der Waals surface area (Å²) in [6.45, 7) is 0.281. The zero-order valence-corrected chi connectivity index (χ0v) is 10.0. The van der Waals surface area contributed by atoms with Crippen molar-refractivity contribution in [3.63, 3.8) is 0 Å². The molecular formula is C14H15NO3. The van der Waals surface area contributed by atoms with Gasteiger partial charge in [-0.05, 0) is 18.4 Å². The van der Waals surface area contributed by atoms with E-state index in [9.17, 15) is 9.59 Å². The highest BCUT2D eigenvalue weighted by Gasteiger charge is 2.48. The van der Waals surface area contributed by atoms with E-state index >= 15 is 0 Å². The first-order chi connectivity index (χ1) is 8.75. The maximum absolute atomic E-state index is 11.9. The second kappa shape index (κ2) is 4.44. The SMILES string of the molecule is O=C(OCc1ccccc1)[C@@H]1CC[C@H]2CC(=O)N21. The summed E-state index contributed by atoms with van der Waals surface area (Å²) in [7, 11) is 0. The molecular weight excluding hydrogens is 230 g/mol. The summed E-state index contributed by atoms with van der Waals surface area (Å²) in [4.78, 5) is 25.0. The fourth-order valence-electron chi connectivity index (χ4n) is 2.71. The molecule has 94 valence electrons. The van der Waals surface area contributed by atoms with E-state index < -0.39 is 0 Å². The molecule has 2 aliphatic rings. The number of hydrogen-bond donors (Lipinski definition) is 0. The summed E-state index contributed by atoms with van der Waals surface area (Å²) >= 11 is 0. The fourth-order valence-corrected chi connectivity index (χ4v) is 2.71. The summed E-state index contributed by atoms with van der Waals surface area (Å²) in [5.74, 6) is -0.187. The van der Waals surface area contributed by atoms with E-state index in [2.05, 4.69) is 0 Å². The number of amides is 1. The first-order valence-corrected chi connectivity index (χ1v) is 6.27. The molecule has 18 heavy (non-hydrogen) atoms. The number of carbonyl (C=O) groups excluding carboxylic acids is 2. The van der Waals surface area contributed by atoms with E-state index in [1.54, 1.807) is 4.90 Å². The molecule has 0 spiro atoms. The predicted octanol–water partition coefficient (Wildman–Crippen LogP) is 1.49. The second-order valence-electron chi connectivity index (χ2n) is 4.85. The molecule has 3 rings (SSSR count). The minimum Gasteiger partial charge on any atom is -0.459 e. The van der Waals surface area contributed by atoms with Crippen molar-refractivity contribution in [1.29, 1.82) is 0 Å². The lowest BCUT2D eigenvalue weighted by atomic mass is 10.0. The lowest BCUT2D eigenvalue weighted by Gasteiger charge is -2.37. The molecule has 4 nitrogen and oxygen atoms in total. The van der Waals surface area contributed by atoms with Crippen LogP contribution in [0.25, 0.3) is 0 Å². The Kier molecular flexibility index (Phi) is 2.78. The molecule has 0 N–H and O–H groups in total. The van der Waals surface area contributed by atoms with Crippen molar-refractivity contribution in [2.75, 3.05) is 0 Å². The fraction of sp³-hybridized carbons (Fsp3) is 0.429. The van der Waals surface area contributed by atoms with Gasteiger partial charge < -0.3 is 9.64 Å². The molecule has 2 saturated heterocycles. The number of esters is 1. The van der Waals surface area contributed by atoms with Crippen molar-refractivity contribution < 1.29 is 14.3 Å². The Bertz CT molecular complexity index is 471. The van der Waals surface area contributed by atoms with Crippen molar-refractivity contribution in [1.82, 2.24) is 4.90 Å². The van der Waals surface area contributed by atoms with E-state index in [-0.39, 0.29) is 30.6 Å². The van der Waals surface area contributed by atoms with Crippen LogP contribution in [0.2, 0.25) is 0 Å². The van der Waals surface area contributed by atoms with E-state index in [0.717, 1.165) is 18.4 Å². The largest absolute Gasteiger partial charge is 0.459 e. The zero-order chi connectivity index (χ0) is 12.5. The third-order valence-electron chi connectivity index (χ3n) is 3.70. The van der Waals surface area contributed by atoms with Crippen molar-refractivity contribution >= 4 is 11.9 Å². The number of nitrogens with zero attached hydrogens (tertiary/aromatic N) is 1. The molecule has 0 radical (unpaired) electrons. The van der Waals surface area contributed by atoms with Crippen LogP contribution < -0.4 is 0 Å². The van der Waals surface area contributed by atoms with Crippen molar-refractivity contribution in [3.05, 3.63) is 35.9 Å². The first kappa shape index (κ1) is 11.3. The van der Waals surface area contributed by atoms with Crippen LogP contribution in [0, 0.1) is 0 Å². The quantitative estimate of drug-likeness (QED) is 0.599. The van der Waals surface area contributed by atoms with Gasteiger partial charge in [0.25, 0.3) is 0 Å². The minimum absolute atomic E-state index is 0.0826. The van der Waals surface area contributed by atoms with E-state index in [1.807, 2.05) is 30.3 Å². The Morgan fingerprint density at radius 1 is 1.28 bits per heavy atom. The monoisotopic (exact) mass is 245 g/mol. The smallest absolute Gasteiger partial charge is 0.329 e. The van der Waals surface area contributed by atoms with Crippen LogP contribution in [0.5, 0.6) is 0 Å². The molecule has 0 aromatic heterocycles. The maximum atomic E-state index is 11.9. The minimum atomic E-state index is -0.347. The van der Waals surface area contributed by atoms with E-state index in [1.165, 1.54) is 0 Å². The third kappa shape index (κ3) is 1.88. The predicted molar refractivity (Wildman–Crippen MR) is 64.5 cm³/mol. The summed E-state index contributed by atoms with van der Waals surface area (Å²) < 4.78 is 5.28. The van der Waals surface area contributed by atoms with Gasteiger partial charge in [0.2, 0.25) is 5.91 Å². The van der Waals surface area contributed by atoms with Crippen LogP contribution in [0.1, 0.15) is 24.8 Å². The Labute approximate surface area is 106 Å². The van der Waals surface area contributed by atoms with E-state index in [4.69, 9.17) is 4.74 Å². The number of β-lactam (4-membered cyclic amide) rings is 1. The standard InChI is InChI=1S/C14H15NO3/c16-13-8-11-6-7-12(15(11)13)14(17)18-9-10-4-2-1-3-5-10/h1-5,11-12H,6-9H2/t11-,12-/m0/s1. The average Bonchev–Trinajstić information content (AvgIpc) is 2.74. The highest BCUT2D eigenvalue weighted by Crippen LogP contribution is 2.35. The second-order valence-corrected chi connectivity index (χ2v) is 4.85. The van der Waals surface area contributed by atoms with Crippen LogP contribution >= 0.6 is 0 Å². The van der Waals surface area contributed by atoms with Gasteiger partial charge in [0.1, 0.15) is 12.6 Å². The van der Waals surface area contributed by atoms with Crippen molar-refractivity contribution in [2.45, 2.75) is 38.0 Å². The van der Waals surface area contributed by atoms with Gasteiger partial charge in [-0.15, -0.1) is 0 Å². The number of hydrogen-bond acceptors (Lipinski definition) is 3. The molecule has 2 atom stereocenters. The number of carbonyl (C=O) groups is 2. The highest BCUT2D eigenvalue weighted by molar-refractivity contribution is 5.90. The van der Waals surface area contributed by atoms with Crippen molar-refractivity contribution in [2.24, 2.45) is 0 Å². The number of benzene rings is 1. The molecule has 0 aliphatic carbocycles. The topological polar surface area (TPSA) is 46.6 Å². The Hall–Kier alpha value is -1.84. The third-order valence-corrected chi connectivity index (χ3v) is 3.70. The molecule has 0 unspecified atom stereocenters. The van der Waals surface area contributed by atoms with E-state index in [0.29, 0.717) is 6.42 Å². The number of fused-ring (bicyclic) bond motifs is 1. The number of ether oxygens (including phenoxy) is 1. The van der Waals surface area contributed by atoms with Gasteiger partial charge in [0.05, 0.1) is 0 Å². The Morgan fingerprint density at radius 3 is 2.78 bits per heavy atom. The molecule has 1 aromatic rings. The van der Waals surface area contributed by atoms with Gasteiger partial charge in [-0.3, -0.25) is 4.79 Å². The molecule has 4 heteroatoms. The highest BCUT2D eigenvalue weighted by atomic mass is 16.5. The molecule has 2 aliphatic heterocycles. The normalized spacial score (nSPS) is 25.6. The summed E-state index contributed by atoms with van der Waals surface area (Å²) in [6, 6.07) is 9.51. The van der Waals surface area contributed by atoms with Gasteiger partial charge in [-0.1, -0.05) is 30.3 Å². The average molecular weight is 245 g/mol. The van der Waals surface area contributed by atoms with Crippen molar-refractivity contribution in [3.8, 4) is 0 Å². The molecule has 2 fully saturated rings. The van der Waals surface area contributed by atoms with Crippen LogP contribution in [-0.2, 0) is 20.9 Å². The van der Waals surface area contributed by atoms with Crippen LogP contribution in [0.3, 0.4) is 0 Å². The van der Waals surface area contributed by atoms with Gasteiger partial charge >= 0.3 is 5.97 Å². The molecule has 1 aromatic carbocycles. The van der Waals surface area contributed by atoms with Gasteiger partial charge in [0.15, 0.2) is 0 Å². The summed E-state index contributed by atoms with van der Waals surface area (Å²) in [6.07, 6.45) is 2.27. The summed E-state index contributed by atoms with van der Waals surface area (Å²) in [5.41, 5.74) is 0.968. The molecule has 0 bridgehead atoms. The lowest BCUT2D eigenvalue weighted by Crippen LogP contribution is -2.54. The first-order valence-electron chi connectivity index (χ1n) is 6.27. The Morgan fingerprint density at radius 2 is 2.06 bits per heavy atom. The molecule has 2 heterocycles. The van der Waals surface area contributed by atoms with Gasteiger partial charge in [-0.2, -0.15) is 0 Å². The zero-order valence-electron chi connectivity index (χ0n) is 10.0. The van der Waals surface area contributed by atoms with Crippen LogP contribution in [-0.4, -0.2) is 28.9 Å². The van der Waals surface area contributed by atoms with Crippen LogP contribution in [0.15, 0.2) is 30.3 Å². The maximum Gasteiger partial charge on any atom is 0.329 e.